The van der Waals surface area contributed by atoms with Gasteiger partial charge in [-0.3, -0.25) is 0 Å². The van der Waals surface area contributed by atoms with Crippen LogP contribution in [0.3, 0.4) is 0 Å². The molecule has 0 aromatic carbocycles. The molecule has 0 aromatic heterocycles. The zero-order valence-electron chi connectivity index (χ0n) is 5.80. The molecule has 1 rings (SSSR count). The normalized spacial score (nSPS) is 55.5. The molecule has 0 aliphatic heterocycles. The largest absolute Gasteiger partial charge is 0.173 e. The third-order valence-corrected chi connectivity index (χ3v) is 6.09. The first-order valence-electron chi connectivity index (χ1n) is 3.35. The van der Waals surface area contributed by atoms with E-state index in [0.717, 1.165) is 0 Å². The molecular weight excluding hydrogens is 281 g/mol. The van der Waals surface area contributed by atoms with Gasteiger partial charge < -0.3 is 0 Å². The summed E-state index contributed by atoms with van der Waals surface area (Å²) >= 11 is 33.8. The van der Waals surface area contributed by atoms with E-state index < -0.39 is 5.38 Å². The third-order valence-electron chi connectivity index (χ3n) is 1.87. The number of hydrogen-bond acceptors (Lipinski definition) is 1. The molecule has 0 aromatic rings. The number of thiol groups is 1. The third kappa shape index (κ3) is 2.07. The molecule has 0 saturated heterocycles. The van der Waals surface area contributed by atoms with Crippen LogP contribution in [0.15, 0.2) is 0 Å². The highest BCUT2D eigenvalue weighted by Crippen LogP contribution is 2.39. The Bertz CT molecular complexity index is 107. The topological polar surface area (TPSA) is 0 Å². The van der Waals surface area contributed by atoms with Crippen molar-refractivity contribution in [3.05, 3.63) is 0 Å². The fourth-order valence-electron chi connectivity index (χ4n) is 1.08. The fraction of sp³-hybridized carbons (Fsp3) is 1.00. The Kier molecular flexibility index (Phi) is 4.50. The SMILES string of the molecule is SC1C(Cl)C(Cl)C(Cl)C(Cl)C1Cl. The van der Waals surface area contributed by atoms with Crippen molar-refractivity contribution in [3.8, 4) is 0 Å². The van der Waals surface area contributed by atoms with Crippen LogP contribution in [0.25, 0.3) is 0 Å². The maximum absolute atomic E-state index is 5.94. The van der Waals surface area contributed by atoms with Crippen LogP contribution in [-0.2, 0) is 0 Å². The molecule has 0 heterocycles. The lowest BCUT2D eigenvalue weighted by Gasteiger charge is -2.38. The molecule has 4 unspecified atom stereocenters. The zero-order valence-corrected chi connectivity index (χ0v) is 10.5. The Morgan fingerprint density at radius 2 is 0.833 bits per heavy atom. The van der Waals surface area contributed by atoms with Gasteiger partial charge in [-0.1, -0.05) is 0 Å². The summed E-state index contributed by atoms with van der Waals surface area (Å²) in [5, 5.41) is -2.05. The maximum atomic E-state index is 5.94. The predicted molar refractivity (Wildman–Crippen MR) is 61.0 cm³/mol. The van der Waals surface area contributed by atoms with Crippen molar-refractivity contribution >= 4 is 70.6 Å². The summed E-state index contributed by atoms with van der Waals surface area (Å²) in [6.45, 7) is 0. The molecule has 0 spiro atoms. The van der Waals surface area contributed by atoms with Crippen molar-refractivity contribution in [1.29, 1.82) is 0 Å². The standard InChI is InChI=1S/C6H7Cl5S/c7-1-2(8)4(10)6(12)5(11)3(1)9/h1-6,12H. The van der Waals surface area contributed by atoms with Crippen LogP contribution in [0, 0.1) is 0 Å². The summed E-state index contributed by atoms with van der Waals surface area (Å²) < 4.78 is 0. The van der Waals surface area contributed by atoms with Gasteiger partial charge in [-0.15, -0.1) is 58.0 Å². The van der Waals surface area contributed by atoms with E-state index in [1.807, 2.05) is 0 Å². The second-order valence-corrected chi connectivity index (χ2v) is 5.83. The lowest BCUT2D eigenvalue weighted by Crippen LogP contribution is -2.52. The second kappa shape index (κ2) is 4.55. The summed E-state index contributed by atoms with van der Waals surface area (Å²) in [6, 6.07) is 0. The van der Waals surface area contributed by atoms with Gasteiger partial charge in [0.2, 0.25) is 0 Å². The maximum Gasteiger partial charge on any atom is 0.0692 e. The van der Waals surface area contributed by atoms with Crippen molar-refractivity contribution in [2.24, 2.45) is 0 Å². The molecule has 1 saturated carbocycles. The number of hydrogen-bond donors (Lipinski definition) is 1. The minimum Gasteiger partial charge on any atom is -0.173 e. The van der Waals surface area contributed by atoms with Gasteiger partial charge in [-0.25, -0.2) is 0 Å². The highest BCUT2D eigenvalue weighted by Gasteiger charge is 2.46. The molecule has 0 bridgehead atoms. The Morgan fingerprint density at radius 1 is 0.583 bits per heavy atom. The first-order chi connectivity index (χ1) is 5.46. The molecular formula is C6H7Cl5S. The van der Waals surface area contributed by atoms with Crippen molar-refractivity contribution in [1.82, 2.24) is 0 Å². The van der Waals surface area contributed by atoms with E-state index in [4.69, 9.17) is 58.0 Å². The predicted octanol–water partition coefficient (Wildman–Crippen LogP) is 3.34. The monoisotopic (exact) mass is 286 g/mol. The molecule has 72 valence electrons. The minimum absolute atomic E-state index is 0.215. The first kappa shape index (κ1) is 11.9. The Morgan fingerprint density at radius 3 is 1.17 bits per heavy atom. The van der Waals surface area contributed by atoms with Crippen LogP contribution in [0.4, 0.5) is 0 Å². The lowest BCUT2D eigenvalue weighted by molar-refractivity contribution is 0.551. The Balaban J connectivity index is 2.76. The van der Waals surface area contributed by atoms with Gasteiger partial charge in [-0.2, -0.15) is 12.6 Å². The van der Waals surface area contributed by atoms with Gasteiger partial charge in [0.1, 0.15) is 0 Å². The summed E-state index contributed by atoms with van der Waals surface area (Å²) in [4.78, 5) is 0. The molecule has 4 atom stereocenters. The lowest BCUT2D eigenvalue weighted by atomic mass is 9.97. The first-order valence-corrected chi connectivity index (χ1v) is 6.05. The van der Waals surface area contributed by atoms with Crippen LogP contribution in [0.1, 0.15) is 0 Å². The molecule has 1 fully saturated rings. The summed E-state index contributed by atoms with van der Waals surface area (Å²) in [6.07, 6.45) is 0. The summed E-state index contributed by atoms with van der Waals surface area (Å²) in [5.74, 6) is 0. The van der Waals surface area contributed by atoms with E-state index in [2.05, 4.69) is 12.6 Å². The Labute approximate surface area is 102 Å². The number of rotatable bonds is 0. The highest BCUT2D eigenvalue weighted by molar-refractivity contribution is 7.81. The highest BCUT2D eigenvalue weighted by atomic mass is 35.5. The van der Waals surface area contributed by atoms with Crippen molar-refractivity contribution in [2.45, 2.75) is 32.1 Å². The van der Waals surface area contributed by atoms with Crippen LogP contribution in [0.2, 0.25) is 0 Å². The van der Waals surface area contributed by atoms with Gasteiger partial charge in [0.15, 0.2) is 0 Å². The van der Waals surface area contributed by atoms with Crippen molar-refractivity contribution in [3.63, 3.8) is 0 Å². The van der Waals surface area contributed by atoms with Gasteiger partial charge in [0.25, 0.3) is 0 Å². The molecule has 0 N–H and O–H groups in total. The summed E-state index contributed by atoms with van der Waals surface area (Å²) in [7, 11) is 0. The molecule has 12 heavy (non-hydrogen) atoms. The van der Waals surface area contributed by atoms with E-state index in [1.54, 1.807) is 0 Å². The number of alkyl halides is 5. The molecule has 1 aliphatic carbocycles. The fourth-order valence-corrected chi connectivity index (χ4v) is 3.52. The van der Waals surface area contributed by atoms with E-state index in [9.17, 15) is 0 Å². The van der Waals surface area contributed by atoms with Crippen LogP contribution in [-0.4, -0.2) is 32.1 Å². The molecule has 0 nitrogen and oxygen atoms in total. The average molecular weight is 288 g/mol. The minimum atomic E-state index is -0.401. The quantitative estimate of drug-likeness (QED) is 0.513. The zero-order chi connectivity index (χ0) is 9.46. The number of halogens is 5. The molecule has 6 heteroatoms. The van der Waals surface area contributed by atoms with Crippen molar-refractivity contribution in [2.75, 3.05) is 0 Å². The smallest absolute Gasteiger partial charge is 0.0692 e. The van der Waals surface area contributed by atoms with Gasteiger partial charge in [0.05, 0.1) is 26.9 Å². The average Bonchev–Trinajstić information content (AvgIpc) is 2.08. The van der Waals surface area contributed by atoms with Gasteiger partial charge in [-0.05, 0) is 0 Å². The van der Waals surface area contributed by atoms with Crippen molar-refractivity contribution < 1.29 is 0 Å². The van der Waals surface area contributed by atoms with E-state index >= 15 is 0 Å². The van der Waals surface area contributed by atoms with Crippen LogP contribution >= 0.6 is 70.6 Å². The van der Waals surface area contributed by atoms with Gasteiger partial charge >= 0.3 is 0 Å². The molecule has 0 radical (unpaired) electrons. The Hall–Kier alpha value is 1.80. The van der Waals surface area contributed by atoms with Crippen LogP contribution in [0.5, 0.6) is 0 Å². The van der Waals surface area contributed by atoms with E-state index in [0.29, 0.717) is 0 Å². The molecule has 1 aliphatic rings. The molecule has 0 amide bonds. The van der Waals surface area contributed by atoms with Gasteiger partial charge in [0, 0.05) is 5.25 Å². The van der Waals surface area contributed by atoms with E-state index in [1.165, 1.54) is 0 Å². The summed E-state index contributed by atoms with van der Waals surface area (Å²) in [5.41, 5.74) is 0. The van der Waals surface area contributed by atoms with Crippen LogP contribution < -0.4 is 0 Å². The second-order valence-electron chi connectivity index (χ2n) is 2.71. The van der Waals surface area contributed by atoms with E-state index in [-0.39, 0.29) is 26.8 Å².